The van der Waals surface area contributed by atoms with E-state index in [1.807, 2.05) is 6.92 Å². The van der Waals surface area contributed by atoms with Gasteiger partial charge < -0.3 is 9.84 Å². The molecule has 1 saturated heterocycles. The van der Waals surface area contributed by atoms with Crippen LogP contribution in [-0.2, 0) is 4.74 Å². The minimum atomic E-state index is -0.754. The van der Waals surface area contributed by atoms with Crippen LogP contribution < -0.4 is 0 Å². The molecule has 82 valence electrons. The highest BCUT2D eigenvalue weighted by Crippen LogP contribution is 2.32. The van der Waals surface area contributed by atoms with Crippen molar-refractivity contribution in [3.63, 3.8) is 0 Å². The molecule has 3 heteroatoms. The van der Waals surface area contributed by atoms with Crippen molar-refractivity contribution in [2.24, 2.45) is 5.92 Å². The number of hydrogen-bond acceptors (Lipinski definition) is 2. The van der Waals surface area contributed by atoms with Crippen molar-refractivity contribution in [3.05, 3.63) is 35.6 Å². The molecule has 1 aromatic rings. The lowest BCUT2D eigenvalue weighted by Gasteiger charge is -2.17. The molecule has 1 aliphatic heterocycles. The quantitative estimate of drug-likeness (QED) is 0.811. The molecular weight excluding hydrogens is 195 g/mol. The monoisotopic (exact) mass is 210 g/mol. The molecule has 1 fully saturated rings. The van der Waals surface area contributed by atoms with E-state index in [0.29, 0.717) is 12.2 Å². The first-order valence-electron chi connectivity index (χ1n) is 5.22. The average Bonchev–Trinajstić information content (AvgIpc) is 2.65. The largest absolute Gasteiger partial charge is 0.388 e. The highest BCUT2D eigenvalue weighted by atomic mass is 19.1. The van der Waals surface area contributed by atoms with Gasteiger partial charge in [-0.3, -0.25) is 0 Å². The van der Waals surface area contributed by atoms with E-state index >= 15 is 0 Å². The molecule has 2 nitrogen and oxygen atoms in total. The predicted octanol–water partition coefficient (Wildman–Crippen LogP) is 2.28. The molecule has 0 radical (unpaired) electrons. The summed E-state index contributed by atoms with van der Waals surface area (Å²) in [5.41, 5.74) is 0.375. The Balaban J connectivity index is 2.14. The van der Waals surface area contributed by atoms with E-state index in [0.717, 1.165) is 6.42 Å². The summed E-state index contributed by atoms with van der Waals surface area (Å²) in [6, 6.07) is 6.36. The Labute approximate surface area is 88.7 Å². The Hall–Kier alpha value is -0.930. The number of ether oxygens (including phenoxy) is 1. The maximum atomic E-state index is 13.4. The van der Waals surface area contributed by atoms with E-state index in [1.165, 1.54) is 6.07 Å². The zero-order valence-corrected chi connectivity index (χ0v) is 8.69. The second-order valence-corrected chi connectivity index (χ2v) is 4.11. The van der Waals surface area contributed by atoms with Gasteiger partial charge in [0, 0.05) is 11.5 Å². The molecule has 0 aliphatic carbocycles. The summed E-state index contributed by atoms with van der Waals surface area (Å²) in [4.78, 5) is 0. The van der Waals surface area contributed by atoms with Crippen LogP contribution >= 0.6 is 0 Å². The molecule has 0 bridgehead atoms. The molecule has 15 heavy (non-hydrogen) atoms. The highest BCUT2D eigenvalue weighted by Gasteiger charge is 2.30. The maximum absolute atomic E-state index is 13.4. The molecule has 0 amide bonds. The number of hydrogen-bond donors (Lipinski definition) is 1. The standard InChI is InChI=1S/C12H15FO2/c1-8-6-9(7-15-8)12(14)10-4-2-3-5-11(10)13/h2-5,8-9,12,14H,6-7H2,1H3. The predicted molar refractivity (Wildman–Crippen MR) is 54.9 cm³/mol. The van der Waals surface area contributed by atoms with Crippen molar-refractivity contribution in [2.45, 2.75) is 25.6 Å². The fourth-order valence-corrected chi connectivity index (χ4v) is 2.04. The van der Waals surface area contributed by atoms with Crippen molar-refractivity contribution in [1.82, 2.24) is 0 Å². The van der Waals surface area contributed by atoms with Crippen LogP contribution in [0.2, 0.25) is 0 Å². The summed E-state index contributed by atoms with van der Waals surface area (Å²) < 4.78 is 18.8. The lowest BCUT2D eigenvalue weighted by molar-refractivity contribution is 0.0784. The Morgan fingerprint density at radius 3 is 2.80 bits per heavy atom. The summed E-state index contributed by atoms with van der Waals surface area (Å²) in [6.45, 7) is 2.48. The van der Waals surface area contributed by atoms with Crippen molar-refractivity contribution in [1.29, 1.82) is 0 Å². The van der Waals surface area contributed by atoms with E-state index in [-0.39, 0.29) is 17.8 Å². The fraction of sp³-hybridized carbons (Fsp3) is 0.500. The summed E-state index contributed by atoms with van der Waals surface area (Å²) in [7, 11) is 0. The number of aliphatic hydroxyl groups is 1. The first-order chi connectivity index (χ1) is 7.18. The van der Waals surface area contributed by atoms with Crippen molar-refractivity contribution in [3.8, 4) is 0 Å². The Morgan fingerprint density at radius 2 is 2.20 bits per heavy atom. The van der Waals surface area contributed by atoms with Crippen LogP contribution in [-0.4, -0.2) is 17.8 Å². The summed E-state index contributed by atoms with van der Waals surface area (Å²) >= 11 is 0. The number of benzene rings is 1. The molecule has 3 unspecified atom stereocenters. The van der Waals surface area contributed by atoms with Gasteiger partial charge in [0.2, 0.25) is 0 Å². The van der Waals surface area contributed by atoms with Gasteiger partial charge in [-0.2, -0.15) is 0 Å². The van der Waals surface area contributed by atoms with Crippen LogP contribution in [0, 0.1) is 11.7 Å². The van der Waals surface area contributed by atoms with E-state index < -0.39 is 6.10 Å². The van der Waals surface area contributed by atoms with E-state index in [4.69, 9.17) is 4.74 Å². The van der Waals surface area contributed by atoms with Gasteiger partial charge in [-0.25, -0.2) is 4.39 Å². The van der Waals surface area contributed by atoms with Crippen molar-refractivity contribution >= 4 is 0 Å². The van der Waals surface area contributed by atoms with Gasteiger partial charge in [-0.05, 0) is 19.4 Å². The molecule has 0 aromatic heterocycles. The van der Waals surface area contributed by atoms with Crippen LogP contribution in [0.1, 0.15) is 25.0 Å². The zero-order chi connectivity index (χ0) is 10.8. The highest BCUT2D eigenvalue weighted by molar-refractivity contribution is 5.20. The SMILES string of the molecule is CC1CC(C(O)c2ccccc2F)CO1. The topological polar surface area (TPSA) is 29.5 Å². The summed E-state index contributed by atoms with van der Waals surface area (Å²) in [5, 5.41) is 10.00. The smallest absolute Gasteiger partial charge is 0.129 e. The van der Waals surface area contributed by atoms with E-state index in [1.54, 1.807) is 18.2 Å². The van der Waals surface area contributed by atoms with Crippen LogP contribution in [0.4, 0.5) is 4.39 Å². The summed E-state index contributed by atoms with van der Waals surface area (Å²) in [6.07, 6.45) is 0.197. The van der Waals surface area contributed by atoms with Gasteiger partial charge in [-0.1, -0.05) is 18.2 Å². The second kappa shape index (κ2) is 4.29. The van der Waals surface area contributed by atoms with Crippen molar-refractivity contribution < 1.29 is 14.2 Å². The van der Waals surface area contributed by atoms with Crippen molar-refractivity contribution in [2.75, 3.05) is 6.61 Å². The first kappa shape index (κ1) is 10.6. The van der Waals surface area contributed by atoms with Gasteiger partial charge >= 0.3 is 0 Å². The fourth-order valence-electron chi connectivity index (χ4n) is 2.04. The molecule has 3 atom stereocenters. The first-order valence-corrected chi connectivity index (χ1v) is 5.22. The normalized spacial score (nSPS) is 27.9. The third-order valence-corrected chi connectivity index (χ3v) is 2.90. The number of rotatable bonds is 2. The molecule has 1 aliphatic rings. The van der Waals surface area contributed by atoms with Crippen LogP contribution in [0.3, 0.4) is 0 Å². The van der Waals surface area contributed by atoms with Gasteiger partial charge in [0.1, 0.15) is 5.82 Å². The Kier molecular flexibility index (Phi) is 3.03. The molecular formula is C12H15FO2. The lowest BCUT2D eigenvalue weighted by Crippen LogP contribution is -2.14. The third kappa shape index (κ3) is 2.19. The van der Waals surface area contributed by atoms with E-state index in [2.05, 4.69) is 0 Å². The Morgan fingerprint density at radius 1 is 1.47 bits per heavy atom. The van der Waals surface area contributed by atoms with Gasteiger partial charge in [0.25, 0.3) is 0 Å². The van der Waals surface area contributed by atoms with E-state index in [9.17, 15) is 9.50 Å². The molecule has 1 heterocycles. The molecule has 0 saturated carbocycles. The Bertz CT molecular complexity index is 340. The minimum absolute atomic E-state index is 0.0110. The van der Waals surface area contributed by atoms with Gasteiger partial charge in [-0.15, -0.1) is 0 Å². The third-order valence-electron chi connectivity index (χ3n) is 2.90. The lowest BCUT2D eigenvalue weighted by atomic mass is 9.93. The van der Waals surface area contributed by atoms with Crippen LogP contribution in [0.25, 0.3) is 0 Å². The zero-order valence-electron chi connectivity index (χ0n) is 8.69. The van der Waals surface area contributed by atoms with Gasteiger partial charge in [0.15, 0.2) is 0 Å². The number of halogens is 1. The maximum Gasteiger partial charge on any atom is 0.129 e. The molecule has 0 spiro atoms. The number of aliphatic hydroxyl groups excluding tert-OH is 1. The van der Waals surface area contributed by atoms with Crippen LogP contribution in [0.5, 0.6) is 0 Å². The second-order valence-electron chi connectivity index (χ2n) is 4.11. The van der Waals surface area contributed by atoms with Crippen LogP contribution in [0.15, 0.2) is 24.3 Å². The van der Waals surface area contributed by atoms with Gasteiger partial charge in [0.05, 0.1) is 18.8 Å². The molecule has 1 aromatic carbocycles. The minimum Gasteiger partial charge on any atom is -0.388 e. The molecule has 2 rings (SSSR count). The molecule has 1 N–H and O–H groups in total. The average molecular weight is 210 g/mol. The summed E-state index contributed by atoms with van der Waals surface area (Å²) in [5.74, 6) is -0.332.